The van der Waals surface area contributed by atoms with E-state index in [-0.39, 0.29) is 0 Å². The highest BCUT2D eigenvalue weighted by Gasteiger charge is 2.22. The molecule has 1 aromatic carbocycles. The molecule has 0 saturated carbocycles. The summed E-state index contributed by atoms with van der Waals surface area (Å²) in [5.41, 5.74) is 2.89. The molecule has 0 aliphatic carbocycles. The molecular weight excluding hydrogens is 256 g/mol. The van der Waals surface area contributed by atoms with Crippen LogP contribution < -0.4 is 5.32 Å². The summed E-state index contributed by atoms with van der Waals surface area (Å²) in [6.07, 6.45) is 1.34. The summed E-state index contributed by atoms with van der Waals surface area (Å²) in [4.78, 5) is 2.60. The van der Waals surface area contributed by atoms with Crippen molar-refractivity contribution < 1.29 is 0 Å². The van der Waals surface area contributed by atoms with E-state index in [1.54, 1.807) is 0 Å². The van der Waals surface area contributed by atoms with Crippen LogP contribution >= 0.6 is 0 Å². The van der Waals surface area contributed by atoms with Crippen molar-refractivity contribution in [2.75, 3.05) is 26.2 Å². The molecule has 0 spiro atoms. The van der Waals surface area contributed by atoms with E-state index in [1.165, 1.54) is 37.2 Å². The summed E-state index contributed by atoms with van der Waals surface area (Å²) in [5, 5.41) is 3.60. The molecule has 0 bridgehead atoms. The summed E-state index contributed by atoms with van der Waals surface area (Å²) < 4.78 is 0. The van der Waals surface area contributed by atoms with Crippen molar-refractivity contribution in [2.24, 2.45) is 11.8 Å². The average Bonchev–Trinajstić information content (AvgIpc) is 2.86. The number of nitrogens with one attached hydrogen (secondary N) is 1. The highest BCUT2D eigenvalue weighted by molar-refractivity contribution is 5.24. The number of nitrogens with zero attached hydrogens (tertiary/aromatic N) is 1. The van der Waals surface area contributed by atoms with Gasteiger partial charge in [0.1, 0.15) is 0 Å². The zero-order valence-electron chi connectivity index (χ0n) is 14.2. The van der Waals surface area contributed by atoms with Crippen molar-refractivity contribution in [2.45, 2.75) is 46.6 Å². The van der Waals surface area contributed by atoms with Crippen LogP contribution in [-0.2, 0) is 6.54 Å². The molecule has 2 heteroatoms. The van der Waals surface area contributed by atoms with Crippen molar-refractivity contribution >= 4 is 0 Å². The van der Waals surface area contributed by atoms with Gasteiger partial charge in [-0.1, -0.05) is 52.0 Å². The van der Waals surface area contributed by atoms with E-state index in [2.05, 4.69) is 62.2 Å². The molecule has 1 atom stereocenters. The third-order valence-corrected chi connectivity index (χ3v) is 4.41. The minimum Gasteiger partial charge on any atom is -0.316 e. The van der Waals surface area contributed by atoms with Crippen LogP contribution in [0.5, 0.6) is 0 Å². The van der Waals surface area contributed by atoms with Crippen LogP contribution in [0, 0.1) is 11.8 Å². The molecule has 1 heterocycles. The maximum Gasteiger partial charge on any atom is 0.0233 e. The van der Waals surface area contributed by atoms with Crippen LogP contribution in [0.2, 0.25) is 0 Å². The predicted molar refractivity (Wildman–Crippen MR) is 91.6 cm³/mol. The molecule has 1 aromatic rings. The number of hydrogen-bond donors (Lipinski definition) is 1. The summed E-state index contributed by atoms with van der Waals surface area (Å²) in [6.45, 7) is 15.0. The first-order valence-corrected chi connectivity index (χ1v) is 8.56. The lowest BCUT2D eigenvalue weighted by molar-refractivity contribution is 0.313. The minimum absolute atomic E-state index is 0.627. The van der Waals surface area contributed by atoms with Gasteiger partial charge in [0.15, 0.2) is 0 Å². The second-order valence-electron chi connectivity index (χ2n) is 7.34. The van der Waals surface area contributed by atoms with Gasteiger partial charge in [-0.15, -0.1) is 0 Å². The van der Waals surface area contributed by atoms with Gasteiger partial charge in [0.25, 0.3) is 0 Å². The first kappa shape index (κ1) is 16.5. The quantitative estimate of drug-likeness (QED) is 0.819. The molecule has 1 N–H and O–H groups in total. The van der Waals surface area contributed by atoms with E-state index in [4.69, 9.17) is 0 Å². The van der Waals surface area contributed by atoms with Gasteiger partial charge in [-0.05, 0) is 54.9 Å². The summed E-state index contributed by atoms with van der Waals surface area (Å²) in [5.74, 6) is 2.21. The van der Waals surface area contributed by atoms with Gasteiger partial charge < -0.3 is 5.32 Å². The van der Waals surface area contributed by atoms with Gasteiger partial charge in [0.05, 0.1) is 0 Å². The normalized spacial score (nSPS) is 19.8. The van der Waals surface area contributed by atoms with Crippen molar-refractivity contribution in [1.82, 2.24) is 10.2 Å². The number of hydrogen-bond acceptors (Lipinski definition) is 2. The Balaban J connectivity index is 1.74. The van der Waals surface area contributed by atoms with Crippen LogP contribution in [0.4, 0.5) is 0 Å². The second kappa shape index (κ2) is 7.95. The Hall–Kier alpha value is -0.860. The molecule has 2 rings (SSSR count). The minimum atomic E-state index is 0.627. The van der Waals surface area contributed by atoms with Gasteiger partial charge in [-0.3, -0.25) is 4.90 Å². The highest BCUT2D eigenvalue weighted by atomic mass is 15.1. The molecule has 0 amide bonds. The first-order valence-electron chi connectivity index (χ1n) is 8.56. The molecule has 0 radical (unpaired) electrons. The topological polar surface area (TPSA) is 15.3 Å². The maximum absolute atomic E-state index is 3.60. The average molecular weight is 288 g/mol. The Morgan fingerprint density at radius 1 is 1.14 bits per heavy atom. The van der Waals surface area contributed by atoms with E-state index in [1.807, 2.05) is 0 Å². The van der Waals surface area contributed by atoms with Crippen LogP contribution in [0.25, 0.3) is 0 Å². The van der Waals surface area contributed by atoms with Gasteiger partial charge in [0.2, 0.25) is 0 Å². The Kier molecular flexibility index (Phi) is 6.25. The Morgan fingerprint density at radius 2 is 1.86 bits per heavy atom. The van der Waals surface area contributed by atoms with Crippen LogP contribution in [0.1, 0.15) is 51.2 Å². The fourth-order valence-corrected chi connectivity index (χ4v) is 3.07. The number of likely N-dealkylation sites (tertiary alicyclic amines) is 1. The fraction of sp³-hybridized carbons (Fsp3) is 0.684. The Bertz CT molecular complexity index is 408. The zero-order valence-corrected chi connectivity index (χ0v) is 14.2. The molecule has 21 heavy (non-hydrogen) atoms. The van der Waals surface area contributed by atoms with E-state index in [0.29, 0.717) is 5.92 Å². The number of benzene rings is 1. The summed E-state index contributed by atoms with van der Waals surface area (Å²) >= 11 is 0. The lowest BCUT2D eigenvalue weighted by Crippen LogP contribution is -2.28. The number of rotatable bonds is 7. The first-order chi connectivity index (χ1) is 10.0. The molecular formula is C19H32N2. The van der Waals surface area contributed by atoms with Crippen LogP contribution in [0.3, 0.4) is 0 Å². The van der Waals surface area contributed by atoms with Crippen molar-refractivity contribution in [3.63, 3.8) is 0 Å². The lowest BCUT2D eigenvalue weighted by Gasteiger charge is -2.17. The molecule has 1 unspecified atom stereocenters. The summed E-state index contributed by atoms with van der Waals surface area (Å²) in [6, 6.07) is 9.19. The Labute approximate surface area is 130 Å². The third kappa shape index (κ3) is 5.44. The fourth-order valence-electron chi connectivity index (χ4n) is 3.07. The largest absolute Gasteiger partial charge is 0.316 e. The molecule has 1 fully saturated rings. The van der Waals surface area contributed by atoms with Gasteiger partial charge in [-0.2, -0.15) is 0 Å². The van der Waals surface area contributed by atoms with E-state index in [0.717, 1.165) is 24.9 Å². The maximum atomic E-state index is 3.60. The smallest absolute Gasteiger partial charge is 0.0233 e. The van der Waals surface area contributed by atoms with Crippen LogP contribution in [-0.4, -0.2) is 31.1 Å². The molecule has 1 aliphatic rings. The molecule has 0 aromatic heterocycles. The Morgan fingerprint density at radius 3 is 2.48 bits per heavy atom. The molecule has 1 saturated heterocycles. The van der Waals surface area contributed by atoms with E-state index in [9.17, 15) is 0 Å². The van der Waals surface area contributed by atoms with Crippen molar-refractivity contribution in [3.8, 4) is 0 Å². The zero-order chi connectivity index (χ0) is 15.2. The van der Waals surface area contributed by atoms with E-state index < -0.39 is 0 Å². The van der Waals surface area contributed by atoms with E-state index >= 15 is 0 Å². The lowest BCUT2D eigenvalue weighted by atomic mass is 10.0. The predicted octanol–water partition coefficient (Wildman–Crippen LogP) is 3.88. The summed E-state index contributed by atoms with van der Waals surface area (Å²) in [7, 11) is 0. The van der Waals surface area contributed by atoms with Crippen LogP contribution in [0.15, 0.2) is 24.3 Å². The molecule has 1 aliphatic heterocycles. The standard InChI is InChI=1S/C19H32N2/c1-15(2)11-20-12-18-9-10-21(14-18)13-17-5-7-19(8-6-17)16(3)4/h5-8,15-16,18,20H,9-14H2,1-4H3. The second-order valence-corrected chi connectivity index (χ2v) is 7.34. The van der Waals surface area contributed by atoms with Gasteiger partial charge >= 0.3 is 0 Å². The SMILES string of the molecule is CC(C)CNCC1CCN(Cc2ccc(C(C)C)cc2)C1. The van der Waals surface area contributed by atoms with Crippen molar-refractivity contribution in [3.05, 3.63) is 35.4 Å². The molecule has 118 valence electrons. The van der Waals surface area contributed by atoms with Gasteiger partial charge in [0, 0.05) is 13.1 Å². The monoisotopic (exact) mass is 288 g/mol. The molecule has 2 nitrogen and oxygen atoms in total. The van der Waals surface area contributed by atoms with Crippen molar-refractivity contribution in [1.29, 1.82) is 0 Å². The van der Waals surface area contributed by atoms with Gasteiger partial charge in [-0.25, -0.2) is 0 Å². The highest BCUT2D eigenvalue weighted by Crippen LogP contribution is 2.20. The third-order valence-electron chi connectivity index (χ3n) is 4.41.